The molecule has 1 saturated heterocycles. The number of nitrogens with zero attached hydrogens (tertiary/aromatic N) is 1. The second kappa shape index (κ2) is 4.90. The topological polar surface area (TPSA) is 32.7 Å². The molecule has 0 amide bonds. The van der Waals surface area contributed by atoms with Gasteiger partial charge in [-0.15, -0.1) is 0 Å². The summed E-state index contributed by atoms with van der Waals surface area (Å²) >= 11 is 0. The Morgan fingerprint density at radius 2 is 1.83 bits per heavy atom. The Balaban J connectivity index is 2.16. The van der Waals surface area contributed by atoms with Crippen molar-refractivity contribution >= 4 is 5.69 Å². The van der Waals surface area contributed by atoms with Crippen molar-refractivity contribution < 1.29 is 9.84 Å². The Labute approximate surface area is 109 Å². The van der Waals surface area contributed by atoms with E-state index in [1.165, 1.54) is 11.3 Å². The molecule has 0 bridgehead atoms. The third-order valence-electron chi connectivity index (χ3n) is 3.45. The molecule has 100 valence electrons. The highest BCUT2D eigenvalue weighted by atomic mass is 16.5. The fraction of sp³-hybridized carbons (Fsp3) is 0.600. The molecule has 0 saturated carbocycles. The summed E-state index contributed by atoms with van der Waals surface area (Å²) < 4.78 is 5.83. The van der Waals surface area contributed by atoms with Gasteiger partial charge in [0.15, 0.2) is 0 Å². The maximum atomic E-state index is 10.1. The van der Waals surface area contributed by atoms with Crippen LogP contribution >= 0.6 is 0 Å². The lowest BCUT2D eigenvalue weighted by Gasteiger charge is -2.42. The molecule has 1 aliphatic heterocycles. The van der Waals surface area contributed by atoms with Gasteiger partial charge in [0, 0.05) is 18.8 Å². The minimum Gasteiger partial charge on any atom is -0.388 e. The summed E-state index contributed by atoms with van der Waals surface area (Å²) in [5, 5.41) is 10.1. The van der Waals surface area contributed by atoms with E-state index in [1.807, 2.05) is 13.8 Å². The summed E-state index contributed by atoms with van der Waals surface area (Å²) in [6.45, 7) is 9.36. The number of hydrogen-bond donors (Lipinski definition) is 1. The summed E-state index contributed by atoms with van der Waals surface area (Å²) in [5.74, 6) is 0. The molecular formula is C15H23NO2. The number of hydrogen-bond acceptors (Lipinski definition) is 3. The van der Waals surface area contributed by atoms with Crippen LogP contribution in [0.5, 0.6) is 0 Å². The maximum Gasteiger partial charge on any atom is 0.103 e. The van der Waals surface area contributed by atoms with E-state index in [9.17, 15) is 5.11 Å². The first-order chi connectivity index (χ1) is 8.36. The number of aliphatic hydroxyl groups is 1. The van der Waals surface area contributed by atoms with Gasteiger partial charge >= 0.3 is 0 Å². The molecule has 1 aromatic carbocycles. The minimum absolute atomic E-state index is 0.136. The first-order valence-electron chi connectivity index (χ1n) is 6.55. The van der Waals surface area contributed by atoms with E-state index in [0.717, 1.165) is 13.1 Å². The van der Waals surface area contributed by atoms with Gasteiger partial charge in [0.05, 0.1) is 11.7 Å². The van der Waals surface area contributed by atoms with Crippen molar-refractivity contribution in [1.82, 2.24) is 0 Å². The van der Waals surface area contributed by atoms with Crippen LogP contribution in [0.4, 0.5) is 5.69 Å². The summed E-state index contributed by atoms with van der Waals surface area (Å²) in [4.78, 5) is 2.29. The van der Waals surface area contributed by atoms with E-state index in [2.05, 4.69) is 43.0 Å². The second-order valence-corrected chi connectivity index (χ2v) is 5.83. The molecule has 1 heterocycles. The van der Waals surface area contributed by atoms with E-state index >= 15 is 0 Å². The third-order valence-corrected chi connectivity index (χ3v) is 3.45. The van der Waals surface area contributed by atoms with Crippen molar-refractivity contribution in [3.05, 3.63) is 29.8 Å². The molecule has 1 N–H and O–H groups in total. The molecular weight excluding hydrogens is 226 g/mol. The summed E-state index contributed by atoms with van der Waals surface area (Å²) in [5.41, 5.74) is 1.65. The van der Waals surface area contributed by atoms with Crippen LogP contribution in [0.15, 0.2) is 24.3 Å². The molecule has 1 fully saturated rings. The van der Waals surface area contributed by atoms with Gasteiger partial charge in [-0.05, 0) is 39.8 Å². The molecule has 1 aliphatic rings. The van der Waals surface area contributed by atoms with Crippen molar-refractivity contribution in [2.24, 2.45) is 0 Å². The first-order valence-corrected chi connectivity index (χ1v) is 6.55. The van der Waals surface area contributed by atoms with Gasteiger partial charge in [0.25, 0.3) is 0 Å². The zero-order valence-corrected chi connectivity index (χ0v) is 11.7. The zero-order chi connectivity index (χ0) is 13.3. The molecule has 0 aliphatic carbocycles. The van der Waals surface area contributed by atoms with Crippen LogP contribution in [0.2, 0.25) is 0 Å². The smallest absolute Gasteiger partial charge is 0.103 e. The molecule has 0 aromatic heterocycles. The molecule has 0 spiro atoms. The van der Waals surface area contributed by atoms with Crippen molar-refractivity contribution in [2.45, 2.75) is 45.5 Å². The highest BCUT2D eigenvalue weighted by Crippen LogP contribution is 2.25. The summed E-state index contributed by atoms with van der Waals surface area (Å²) in [6, 6.07) is 8.51. The Kier molecular flexibility index (Phi) is 3.64. The number of rotatable bonds is 2. The van der Waals surface area contributed by atoms with E-state index < -0.39 is 5.60 Å². The first kappa shape index (κ1) is 13.4. The van der Waals surface area contributed by atoms with Crippen LogP contribution < -0.4 is 4.90 Å². The van der Waals surface area contributed by atoms with E-state index in [-0.39, 0.29) is 12.2 Å². The molecule has 2 atom stereocenters. The van der Waals surface area contributed by atoms with Gasteiger partial charge in [-0.2, -0.15) is 0 Å². The van der Waals surface area contributed by atoms with Crippen molar-refractivity contribution in [1.29, 1.82) is 0 Å². The van der Waals surface area contributed by atoms with Gasteiger partial charge in [0.2, 0.25) is 0 Å². The molecule has 2 unspecified atom stereocenters. The lowest BCUT2D eigenvalue weighted by Crippen LogP contribution is -2.54. The normalized spacial score (nSPS) is 25.3. The maximum absolute atomic E-state index is 10.1. The Morgan fingerprint density at radius 3 is 2.39 bits per heavy atom. The van der Waals surface area contributed by atoms with Gasteiger partial charge in [-0.25, -0.2) is 0 Å². The predicted octanol–water partition coefficient (Wildman–Crippen LogP) is 2.36. The lowest BCUT2D eigenvalue weighted by molar-refractivity contribution is -0.120. The van der Waals surface area contributed by atoms with Gasteiger partial charge in [-0.1, -0.05) is 17.7 Å². The molecule has 3 nitrogen and oxygen atoms in total. The zero-order valence-electron chi connectivity index (χ0n) is 11.7. The van der Waals surface area contributed by atoms with E-state index in [1.54, 1.807) is 0 Å². The van der Waals surface area contributed by atoms with Gasteiger partial charge in [-0.3, -0.25) is 0 Å². The highest BCUT2D eigenvalue weighted by Gasteiger charge is 2.35. The van der Waals surface area contributed by atoms with Crippen molar-refractivity contribution in [3.63, 3.8) is 0 Å². The minimum atomic E-state index is -0.808. The van der Waals surface area contributed by atoms with Crippen molar-refractivity contribution in [3.8, 4) is 0 Å². The number of morpholine rings is 1. The highest BCUT2D eigenvalue weighted by molar-refractivity contribution is 5.48. The molecule has 0 radical (unpaired) electrons. The van der Waals surface area contributed by atoms with Gasteiger partial charge < -0.3 is 14.7 Å². The Hall–Kier alpha value is -1.06. The van der Waals surface area contributed by atoms with E-state index in [4.69, 9.17) is 4.74 Å². The average Bonchev–Trinajstić information content (AvgIpc) is 2.28. The Morgan fingerprint density at radius 1 is 1.22 bits per heavy atom. The third kappa shape index (κ3) is 3.03. The van der Waals surface area contributed by atoms with Crippen LogP contribution in [0.1, 0.15) is 26.3 Å². The largest absolute Gasteiger partial charge is 0.388 e. The monoisotopic (exact) mass is 249 g/mol. The quantitative estimate of drug-likeness (QED) is 0.873. The number of benzene rings is 1. The van der Waals surface area contributed by atoms with E-state index in [0.29, 0.717) is 0 Å². The molecule has 3 heteroatoms. The van der Waals surface area contributed by atoms with Crippen LogP contribution in [0, 0.1) is 6.92 Å². The molecule has 2 rings (SSSR count). The average molecular weight is 249 g/mol. The molecule has 18 heavy (non-hydrogen) atoms. The standard InChI is InChI=1S/C15H23NO2/c1-11-5-7-13(8-6-11)16-9-12(2)18-14(10-16)15(3,4)17/h5-8,12,14,17H,9-10H2,1-4H3. The summed E-state index contributed by atoms with van der Waals surface area (Å²) in [6.07, 6.45) is -0.0148. The molecule has 1 aromatic rings. The number of anilines is 1. The van der Waals surface area contributed by atoms with Crippen LogP contribution in [0.3, 0.4) is 0 Å². The Bertz CT molecular complexity index is 394. The predicted molar refractivity (Wildman–Crippen MR) is 74.0 cm³/mol. The fourth-order valence-corrected chi connectivity index (χ4v) is 2.31. The van der Waals surface area contributed by atoms with Crippen molar-refractivity contribution in [2.75, 3.05) is 18.0 Å². The second-order valence-electron chi connectivity index (χ2n) is 5.83. The fourth-order valence-electron chi connectivity index (χ4n) is 2.31. The number of ether oxygens (including phenoxy) is 1. The number of aryl methyl sites for hydroxylation is 1. The van der Waals surface area contributed by atoms with Crippen LogP contribution in [-0.2, 0) is 4.74 Å². The van der Waals surface area contributed by atoms with Crippen LogP contribution in [-0.4, -0.2) is 36.0 Å². The van der Waals surface area contributed by atoms with Gasteiger partial charge in [0.1, 0.15) is 6.10 Å². The van der Waals surface area contributed by atoms with Crippen LogP contribution in [0.25, 0.3) is 0 Å². The lowest BCUT2D eigenvalue weighted by atomic mass is 9.99. The summed E-state index contributed by atoms with van der Waals surface area (Å²) in [7, 11) is 0. The SMILES string of the molecule is Cc1ccc(N2CC(C)OC(C(C)(C)O)C2)cc1.